The van der Waals surface area contributed by atoms with Gasteiger partial charge in [0, 0.05) is 49.9 Å². The van der Waals surface area contributed by atoms with Gasteiger partial charge >= 0.3 is 5.97 Å². The summed E-state index contributed by atoms with van der Waals surface area (Å²) in [6, 6.07) is 12.5. The maximum absolute atomic E-state index is 11.8. The van der Waals surface area contributed by atoms with E-state index < -0.39 is 5.97 Å². The minimum atomic E-state index is -0.643. The Morgan fingerprint density at radius 2 is 1.45 bits per heavy atom. The molecule has 2 aromatic rings. The number of amides is 1. The van der Waals surface area contributed by atoms with E-state index in [2.05, 4.69) is 10.2 Å². The van der Waals surface area contributed by atoms with Crippen LogP contribution in [0.1, 0.15) is 17.3 Å². The number of benzene rings is 2. The van der Waals surface area contributed by atoms with E-state index in [1.165, 1.54) is 19.1 Å². The summed E-state index contributed by atoms with van der Waals surface area (Å²) in [4.78, 5) is 24.9. The fourth-order valence-electron chi connectivity index (χ4n) is 2.31. The number of ether oxygens (including phenoxy) is 1. The number of nitrogens with one attached hydrogen (secondary N) is 1. The lowest BCUT2D eigenvalue weighted by Gasteiger charge is -2.17. The number of alkyl halides is 3. The van der Waals surface area contributed by atoms with Gasteiger partial charge in [-0.25, -0.2) is 4.79 Å². The highest BCUT2D eigenvalue weighted by atomic mass is 35.5. The van der Waals surface area contributed by atoms with Crippen LogP contribution < -0.4 is 10.1 Å². The number of nitrogens with zero attached hydrogens (tertiary/aromatic N) is 1. The molecule has 0 saturated heterocycles. The molecule has 0 aliphatic heterocycles. The summed E-state index contributed by atoms with van der Waals surface area (Å²) >= 11 is 16.6. The summed E-state index contributed by atoms with van der Waals surface area (Å²) in [5.41, 5.74) is 0.707. The van der Waals surface area contributed by atoms with Crippen LogP contribution in [-0.2, 0) is 4.79 Å². The van der Waals surface area contributed by atoms with E-state index in [9.17, 15) is 14.7 Å². The van der Waals surface area contributed by atoms with Crippen LogP contribution in [0, 0.1) is 0 Å². The molecule has 0 unspecified atom stereocenters. The van der Waals surface area contributed by atoms with Crippen LogP contribution in [0.15, 0.2) is 48.5 Å². The molecule has 0 aromatic heterocycles. The van der Waals surface area contributed by atoms with E-state index >= 15 is 0 Å². The standard InChI is InChI=1S/C15H13NO4.C6H12Cl3N.ClH/c1-10(17)16-11-6-8-12(9-7-11)20-15(19)13-4-2-3-5-14(13)18;7-1-4-10(5-2-8)6-3-9;/h2-9,18H,1H3,(H,16,17);1-6H2;1H. The number of rotatable bonds is 9. The predicted octanol–water partition coefficient (Wildman–Crippen LogP) is 5.00. The quantitative estimate of drug-likeness (QED) is 0.281. The Bertz CT molecular complexity index is 777. The van der Waals surface area contributed by atoms with Crippen LogP contribution in [0.3, 0.4) is 0 Å². The molecule has 2 N–H and O–H groups in total. The molecule has 6 nitrogen and oxygen atoms in total. The summed E-state index contributed by atoms with van der Waals surface area (Å²) in [7, 11) is 0. The van der Waals surface area contributed by atoms with Gasteiger partial charge in [0.1, 0.15) is 17.1 Å². The number of anilines is 1. The molecule has 0 saturated carbocycles. The molecule has 2 rings (SSSR count). The zero-order valence-electron chi connectivity index (χ0n) is 17.0. The molecule has 172 valence electrons. The predicted molar refractivity (Wildman–Crippen MR) is 130 cm³/mol. The average Bonchev–Trinajstić information content (AvgIpc) is 2.70. The highest BCUT2D eigenvalue weighted by molar-refractivity contribution is 6.18. The Morgan fingerprint density at radius 1 is 0.935 bits per heavy atom. The molecule has 0 aliphatic rings. The molecular weight excluding hydrogens is 486 g/mol. The SMILES string of the molecule is CC(=O)Nc1ccc(OC(=O)c2ccccc2O)cc1.Cl.ClCCN(CCCl)CCCl. The molecule has 10 heteroatoms. The summed E-state index contributed by atoms with van der Waals surface area (Å²) in [6.45, 7) is 4.04. The van der Waals surface area contributed by atoms with Crippen molar-refractivity contribution < 1.29 is 19.4 Å². The highest BCUT2D eigenvalue weighted by Crippen LogP contribution is 2.20. The lowest BCUT2D eigenvalue weighted by atomic mass is 10.2. The number of hydrogen-bond acceptors (Lipinski definition) is 5. The summed E-state index contributed by atoms with van der Waals surface area (Å²) in [6.07, 6.45) is 0. The fourth-order valence-corrected chi connectivity index (χ4v) is 3.03. The highest BCUT2D eigenvalue weighted by Gasteiger charge is 2.12. The molecule has 2 aromatic carbocycles. The van der Waals surface area contributed by atoms with E-state index in [0.717, 1.165) is 19.6 Å². The number of hydrogen-bond donors (Lipinski definition) is 2. The van der Waals surface area contributed by atoms with Gasteiger partial charge in [0.15, 0.2) is 0 Å². The normalized spacial score (nSPS) is 9.84. The van der Waals surface area contributed by atoms with Gasteiger partial charge in [0.25, 0.3) is 0 Å². The van der Waals surface area contributed by atoms with Gasteiger partial charge < -0.3 is 15.2 Å². The van der Waals surface area contributed by atoms with Gasteiger partial charge in [-0.2, -0.15) is 0 Å². The zero-order valence-corrected chi connectivity index (χ0v) is 20.1. The molecule has 31 heavy (non-hydrogen) atoms. The van der Waals surface area contributed by atoms with Crippen molar-refractivity contribution in [1.82, 2.24) is 4.90 Å². The number of aromatic hydroxyl groups is 1. The van der Waals surface area contributed by atoms with Gasteiger partial charge in [0.2, 0.25) is 5.91 Å². The number of esters is 1. The number of phenols is 1. The first-order valence-corrected chi connectivity index (χ1v) is 10.8. The smallest absolute Gasteiger partial charge is 0.347 e. The summed E-state index contributed by atoms with van der Waals surface area (Å²) in [5.74, 6) is 1.31. The van der Waals surface area contributed by atoms with Crippen molar-refractivity contribution in [3.05, 3.63) is 54.1 Å². The number of phenolic OH excluding ortho intramolecular Hbond substituents is 1. The van der Waals surface area contributed by atoms with Crippen molar-refractivity contribution in [2.45, 2.75) is 6.92 Å². The second-order valence-electron chi connectivity index (χ2n) is 6.02. The number of carbonyl (C=O) groups is 2. The molecule has 1 amide bonds. The Morgan fingerprint density at radius 3 is 1.90 bits per heavy atom. The number of carbonyl (C=O) groups excluding carboxylic acids is 2. The maximum Gasteiger partial charge on any atom is 0.347 e. The second-order valence-corrected chi connectivity index (χ2v) is 7.15. The first-order chi connectivity index (χ1) is 14.4. The minimum Gasteiger partial charge on any atom is -0.507 e. The van der Waals surface area contributed by atoms with Crippen LogP contribution in [0.4, 0.5) is 5.69 Å². The monoisotopic (exact) mass is 510 g/mol. The van der Waals surface area contributed by atoms with Gasteiger partial charge in [0.05, 0.1) is 0 Å². The molecule has 0 atom stereocenters. The van der Waals surface area contributed by atoms with Crippen molar-refractivity contribution in [1.29, 1.82) is 0 Å². The van der Waals surface area contributed by atoms with Crippen molar-refractivity contribution in [3.8, 4) is 11.5 Å². The first kappa shape index (κ1) is 29.3. The number of halogens is 4. The first-order valence-electron chi connectivity index (χ1n) is 9.19. The van der Waals surface area contributed by atoms with Crippen LogP contribution in [0.25, 0.3) is 0 Å². The Labute approximate surface area is 203 Å². The Hall–Kier alpha value is -1.70. The van der Waals surface area contributed by atoms with E-state index in [1.807, 2.05) is 0 Å². The topological polar surface area (TPSA) is 78.9 Å². The molecule has 0 spiro atoms. The van der Waals surface area contributed by atoms with Gasteiger partial charge in [-0.15, -0.1) is 47.2 Å². The van der Waals surface area contributed by atoms with Crippen molar-refractivity contribution in [2.75, 3.05) is 42.6 Å². The van der Waals surface area contributed by atoms with Crippen LogP contribution >= 0.6 is 47.2 Å². The van der Waals surface area contributed by atoms with Crippen molar-refractivity contribution in [3.63, 3.8) is 0 Å². The average molecular weight is 512 g/mol. The van der Waals surface area contributed by atoms with Gasteiger partial charge in [-0.1, -0.05) is 12.1 Å². The van der Waals surface area contributed by atoms with E-state index in [1.54, 1.807) is 36.4 Å². The van der Waals surface area contributed by atoms with Crippen LogP contribution in [-0.4, -0.2) is 59.2 Å². The van der Waals surface area contributed by atoms with Crippen LogP contribution in [0.2, 0.25) is 0 Å². The van der Waals surface area contributed by atoms with Gasteiger partial charge in [-0.3, -0.25) is 9.69 Å². The minimum absolute atomic E-state index is 0. The summed E-state index contributed by atoms with van der Waals surface area (Å²) < 4.78 is 5.13. The number of para-hydroxylation sites is 1. The summed E-state index contributed by atoms with van der Waals surface area (Å²) in [5, 5.41) is 12.2. The largest absolute Gasteiger partial charge is 0.507 e. The zero-order chi connectivity index (χ0) is 22.4. The maximum atomic E-state index is 11.8. The third kappa shape index (κ3) is 12.1. The molecule has 0 heterocycles. The van der Waals surface area contributed by atoms with E-state index in [4.69, 9.17) is 39.5 Å². The molecule has 0 radical (unpaired) electrons. The lowest BCUT2D eigenvalue weighted by molar-refractivity contribution is -0.114. The van der Waals surface area contributed by atoms with Crippen molar-refractivity contribution in [2.24, 2.45) is 0 Å². The lowest BCUT2D eigenvalue weighted by Crippen LogP contribution is -2.29. The Balaban J connectivity index is 0.000000701. The van der Waals surface area contributed by atoms with Crippen LogP contribution in [0.5, 0.6) is 11.5 Å². The fraction of sp³-hybridized carbons (Fsp3) is 0.333. The van der Waals surface area contributed by atoms with Crippen molar-refractivity contribution >= 4 is 64.8 Å². The molecule has 0 bridgehead atoms. The van der Waals surface area contributed by atoms with E-state index in [0.29, 0.717) is 29.1 Å². The van der Waals surface area contributed by atoms with E-state index in [-0.39, 0.29) is 29.6 Å². The molecular formula is C21H26Cl4N2O4. The second kappa shape index (κ2) is 16.9. The third-order valence-corrected chi connectivity index (χ3v) is 4.22. The molecule has 0 fully saturated rings. The van der Waals surface area contributed by atoms with Gasteiger partial charge in [-0.05, 0) is 36.4 Å². The Kier molecular flexibility index (Phi) is 16.0. The third-order valence-electron chi connectivity index (χ3n) is 3.71. The molecule has 0 aliphatic carbocycles.